The van der Waals surface area contributed by atoms with Gasteiger partial charge in [0.25, 0.3) is 0 Å². The van der Waals surface area contributed by atoms with Crippen LogP contribution in [0.5, 0.6) is 0 Å². The van der Waals surface area contributed by atoms with E-state index in [1.54, 1.807) is 18.2 Å². The van der Waals surface area contributed by atoms with Crippen LogP contribution < -0.4 is 5.43 Å². The maximum absolute atomic E-state index is 12.5. The van der Waals surface area contributed by atoms with Gasteiger partial charge in [0.2, 0.25) is 0 Å². The molecule has 0 unspecified atom stereocenters. The minimum absolute atomic E-state index is 0.0516. The predicted octanol–water partition coefficient (Wildman–Crippen LogP) is 2.75. The van der Waals surface area contributed by atoms with Crippen molar-refractivity contribution in [2.75, 3.05) is 13.9 Å². The topological polar surface area (TPSA) is 68.4 Å². The van der Waals surface area contributed by atoms with E-state index in [4.69, 9.17) is 9.47 Å². The Balaban J connectivity index is 2.17. The molecule has 1 aromatic heterocycles. The average molecular weight is 297 g/mol. The second kappa shape index (κ2) is 5.61. The summed E-state index contributed by atoms with van der Waals surface area (Å²) in [6.45, 7) is 1.84. The quantitative estimate of drug-likeness (QED) is 0.458. The van der Waals surface area contributed by atoms with E-state index in [2.05, 4.69) is 4.98 Å². The molecule has 5 nitrogen and oxygen atoms in total. The number of aromatic amines is 1. The molecule has 0 aliphatic carbocycles. The number of rotatable bonds is 3. The van der Waals surface area contributed by atoms with E-state index < -0.39 is 5.97 Å². The first-order valence-corrected chi connectivity index (χ1v) is 6.82. The van der Waals surface area contributed by atoms with Gasteiger partial charge in [-0.1, -0.05) is 11.6 Å². The van der Waals surface area contributed by atoms with Crippen molar-refractivity contribution < 1.29 is 14.3 Å². The van der Waals surface area contributed by atoms with Crippen LogP contribution >= 0.6 is 0 Å². The Morgan fingerprint density at radius 2 is 1.91 bits per heavy atom. The third-order valence-electron chi connectivity index (χ3n) is 3.50. The van der Waals surface area contributed by atoms with Gasteiger partial charge in [0.15, 0.2) is 12.2 Å². The lowest BCUT2D eigenvalue weighted by Gasteiger charge is -2.06. The van der Waals surface area contributed by atoms with Crippen molar-refractivity contribution in [1.29, 1.82) is 0 Å². The fourth-order valence-corrected chi connectivity index (χ4v) is 2.41. The highest BCUT2D eigenvalue weighted by molar-refractivity contribution is 5.97. The summed E-state index contributed by atoms with van der Waals surface area (Å²) in [6.07, 6.45) is 0. The van der Waals surface area contributed by atoms with Crippen molar-refractivity contribution in [3.63, 3.8) is 0 Å². The maximum atomic E-state index is 12.5. The highest BCUT2D eigenvalue weighted by atomic mass is 16.7. The molecule has 3 rings (SSSR count). The molecule has 112 valence electrons. The molecule has 0 bridgehead atoms. The lowest BCUT2D eigenvalue weighted by atomic mass is 10.1. The van der Waals surface area contributed by atoms with Crippen molar-refractivity contribution in [2.45, 2.75) is 6.92 Å². The Labute approximate surface area is 126 Å². The summed E-state index contributed by atoms with van der Waals surface area (Å²) in [5, 5.41) is 1.18. The van der Waals surface area contributed by atoms with E-state index in [9.17, 15) is 9.59 Å². The Bertz CT molecular complexity index is 927. The summed E-state index contributed by atoms with van der Waals surface area (Å²) in [7, 11) is 1.44. The van der Waals surface area contributed by atoms with Crippen molar-refractivity contribution in [3.05, 3.63) is 57.7 Å². The first-order valence-electron chi connectivity index (χ1n) is 6.82. The molecule has 5 heteroatoms. The van der Waals surface area contributed by atoms with Gasteiger partial charge in [-0.05, 0) is 37.3 Å². The van der Waals surface area contributed by atoms with Crippen LogP contribution in [0, 0.1) is 6.92 Å². The van der Waals surface area contributed by atoms with Gasteiger partial charge < -0.3 is 14.5 Å². The van der Waals surface area contributed by atoms with Crippen molar-refractivity contribution in [3.8, 4) is 0 Å². The molecule has 0 aliphatic rings. The monoisotopic (exact) mass is 297 g/mol. The van der Waals surface area contributed by atoms with Gasteiger partial charge in [-0.25, -0.2) is 4.79 Å². The normalized spacial score (nSPS) is 11.0. The average Bonchev–Trinajstić information content (AvgIpc) is 2.53. The minimum Gasteiger partial charge on any atom is -0.435 e. The third-order valence-corrected chi connectivity index (χ3v) is 3.50. The highest BCUT2D eigenvalue weighted by Crippen LogP contribution is 2.17. The zero-order valence-corrected chi connectivity index (χ0v) is 12.3. The summed E-state index contributed by atoms with van der Waals surface area (Å²) in [5.74, 6) is -0.492. The van der Waals surface area contributed by atoms with Gasteiger partial charge in [0.05, 0.1) is 11.1 Å². The Kier molecular flexibility index (Phi) is 3.65. The zero-order chi connectivity index (χ0) is 15.7. The number of benzene rings is 2. The third kappa shape index (κ3) is 2.46. The molecule has 0 saturated heterocycles. The van der Waals surface area contributed by atoms with Gasteiger partial charge in [0, 0.05) is 23.4 Å². The number of esters is 1. The van der Waals surface area contributed by atoms with Gasteiger partial charge in [-0.3, -0.25) is 4.79 Å². The number of H-pyrrole nitrogens is 1. The number of hydrogen-bond donors (Lipinski definition) is 1. The van der Waals surface area contributed by atoms with Crippen LogP contribution in [0.1, 0.15) is 15.9 Å². The van der Waals surface area contributed by atoms with Crippen molar-refractivity contribution in [1.82, 2.24) is 4.98 Å². The maximum Gasteiger partial charge on any atom is 0.340 e. The van der Waals surface area contributed by atoms with E-state index in [0.717, 1.165) is 11.1 Å². The Morgan fingerprint density at radius 1 is 1.09 bits per heavy atom. The largest absolute Gasteiger partial charge is 0.435 e. The van der Waals surface area contributed by atoms with Gasteiger partial charge in [-0.2, -0.15) is 0 Å². The van der Waals surface area contributed by atoms with Gasteiger partial charge in [-0.15, -0.1) is 0 Å². The number of ether oxygens (including phenoxy) is 2. The number of carbonyl (C=O) groups is 1. The lowest BCUT2D eigenvalue weighted by Crippen LogP contribution is -2.09. The number of pyridine rings is 1. The zero-order valence-electron chi connectivity index (χ0n) is 12.3. The molecular weight excluding hydrogens is 282 g/mol. The van der Waals surface area contributed by atoms with Crippen LogP contribution in [0.4, 0.5) is 0 Å². The van der Waals surface area contributed by atoms with E-state index in [0.29, 0.717) is 21.9 Å². The molecule has 0 saturated carbocycles. The molecule has 0 amide bonds. The van der Waals surface area contributed by atoms with Crippen LogP contribution in [0.15, 0.2) is 41.2 Å². The fourth-order valence-electron chi connectivity index (χ4n) is 2.41. The summed E-state index contributed by atoms with van der Waals surface area (Å²) in [5.41, 5.74) is 2.69. The summed E-state index contributed by atoms with van der Waals surface area (Å²) < 4.78 is 9.61. The van der Waals surface area contributed by atoms with E-state index in [1.165, 1.54) is 7.11 Å². The number of nitrogens with one attached hydrogen (secondary N) is 1. The molecule has 1 N–H and O–H groups in total. The SMILES string of the molecule is COCOC(=O)c1ccc2c(=O)c3cc(C)ccc3[nH]c2c1. The van der Waals surface area contributed by atoms with Gasteiger partial charge in [0.1, 0.15) is 0 Å². The fraction of sp³-hybridized carbons (Fsp3) is 0.176. The second-order valence-electron chi connectivity index (χ2n) is 5.10. The number of methoxy groups -OCH3 is 1. The molecule has 2 aromatic carbocycles. The minimum atomic E-state index is -0.492. The summed E-state index contributed by atoms with van der Waals surface area (Å²) in [4.78, 5) is 27.6. The van der Waals surface area contributed by atoms with E-state index in [-0.39, 0.29) is 12.2 Å². The molecular formula is C17H15NO4. The molecule has 0 atom stereocenters. The van der Waals surface area contributed by atoms with Crippen LogP contribution in [-0.4, -0.2) is 24.9 Å². The number of hydrogen-bond acceptors (Lipinski definition) is 4. The molecule has 0 fully saturated rings. The van der Waals surface area contributed by atoms with Gasteiger partial charge >= 0.3 is 5.97 Å². The predicted molar refractivity (Wildman–Crippen MR) is 84.1 cm³/mol. The Hall–Kier alpha value is -2.66. The smallest absolute Gasteiger partial charge is 0.340 e. The first-order chi connectivity index (χ1) is 10.6. The molecule has 0 aliphatic heterocycles. The second-order valence-corrected chi connectivity index (χ2v) is 5.10. The highest BCUT2D eigenvalue weighted by Gasteiger charge is 2.11. The molecule has 3 aromatic rings. The molecule has 0 spiro atoms. The number of fused-ring (bicyclic) bond motifs is 2. The van der Waals surface area contributed by atoms with Crippen LogP contribution in [0.3, 0.4) is 0 Å². The number of carbonyl (C=O) groups excluding carboxylic acids is 1. The van der Waals surface area contributed by atoms with Crippen LogP contribution in [-0.2, 0) is 9.47 Å². The Morgan fingerprint density at radius 3 is 2.68 bits per heavy atom. The standard InChI is InChI=1S/C17H15NO4/c1-10-3-6-14-13(7-10)16(19)12-5-4-11(8-15(12)18-14)17(20)22-9-21-2/h3-8H,9H2,1-2H3,(H,18,19). The molecule has 0 radical (unpaired) electrons. The summed E-state index contributed by atoms with van der Waals surface area (Å²) in [6, 6.07) is 10.5. The first kappa shape index (κ1) is 14.3. The lowest BCUT2D eigenvalue weighted by molar-refractivity contribution is -0.0124. The number of aromatic nitrogens is 1. The molecule has 22 heavy (non-hydrogen) atoms. The number of aryl methyl sites for hydroxylation is 1. The van der Waals surface area contributed by atoms with Crippen LogP contribution in [0.2, 0.25) is 0 Å². The van der Waals surface area contributed by atoms with E-state index >= 15 is 0 Å². The van der Waals surface area contributed by atoms with E-state index in [1.807, 2.05) is 25.1 Å². The van der Waals surface area contributed by atoms with Crippen molar-refractivity contribution >= 4 is 27.8 Å². The summed E-state index contributed by atoms with van der Waals surface area (Å²) >= 11 is 0. The van der Waals surface area contributed by atoms with Crippen molar-refractivity contribution in [2.24, 2.45) is 0 Å². The molecule has 1 heterocycles. The van der Waals surface area contributed by atoms with Crippen LogP contribution in [0.25, 0.3) is 21.8 Å².